The van der Waals surface area contributed by atoms with Gasteiger partial charge < -0.3 is 5.11 Å². The van der Waals surface area contributed by atoms with Crippen LogP contribution in [0.2, 0.25) is 0 Å². The fourth-order valence-electron chi connectivity index (χ4n) is 2.46. The molecule has 21 heavy (non-hydrogen) atoms. The highest BCUT2D eigenvalue weighted by molar-refractivity contribution is 5.87. The first-order valence-electron chi connectivity index (χ1n) is 6.78. The Bertz CT molecular complexity index is 847. The van der Waals surface area contributed by atoms with Crippen LogP contribution in [0.4, 0.5) is 0 Å². The number of carboxylic acids is 1. The van der Waals surface area contributed by atoms with Gasteiger partial charge in [-0.2, -0.15) is 0 Å². The van der Waals surface area contributed by atoms with Crippen LogP contribution in [0, 0.1) is 0 Å². The molecular weight excluding hydrogens is 268 g/mol. The molecule has 0 bridgehead atoms. The highest BCUT2D eigenvalue weighted by atomic mass is 16.4. The summed E-state index contributed by atoms with van der Waals surface area (Å²) >= 11 is 0. The number of rotatable bonds is 3. The summed E-state index contributed by atoms with van der Waals surface area (Å²) in [5.41, 5.74) is 1.57. The van der Waals surface area contributed by atoms with Crippen molar-refractivity contribution in [1.82, 2.24) is 19.7 Å². The monoisotopic (exact) mass is 280 g/mol. The van der Waals surface area contributed by atoms with E-state index in [4.69, 9.17) is 5.11 Å². The van der Waals surface area contributed by atoms with Crippen molar-refractivity contribution in [2.75, 3.05) is 0 Å². The second kappa shape index (κ2) is 4.37. The summed E-state index contributed by atoms with van der Waals surface area (Å²) in [6.07, 6.45) is 3.77. The van der Waals surface area contributed by atoms with E-state index in [1.54, 1.807) is 10.9 Å². The molecule has 104 valence electrons. The minimum atomic E-state index is -1.11. The predicted molar refractivity (Wildman–Crippen MR) is 75.6 cm³/mol. The van der Waals surface area contributed by atoms with Crippen LogP contribution in [0.3, 0.4) is 0 Å². The van der Waals surface area contributed by atoms with Gasteiger partial charge in [-0.15, -0.1) is 5.10 Å². The average Bonchev–Trinajstić information content (AvgIpc) is 3.25. The number of hydrogen-bond donors (Lipinski definition) is 1. The maximum atomic E-state index is 11.2. The minimum absolute atomic E-state index is 0.162. The molecule has 0 saturated heterocycles. The molecular formula is C15H12N4O2. The van der Waals surface area contributed by atoms with Gasteiger partial charge in [0.2, 0.25) is 0 Å². The van der Waals surface area contributed by atoms with Crippen molar-refractivity contribution in [2.24, 2.45) is 0 Å². The van der Waals surface area contributed by atoms with E-state index in [0.29, 0.717) is 11.7 Å². The number of carboxylic acid groups (broad SMARTS) is 1. The number of aromatic carboxylic acids is 1. The Balaban J connectivity index is 1.98. The molecule has 0 radical (unpaired) electrons. The number of nitrogens with zero attached hydrogens (tertiary/aromatic N) is 4. The van der Waals surface area contributed by atoms with Gasteiger partial charge in [0.25, 0.3) is 5.82 Å². The predicted octanol–water partition coefficient (Wildman–Crippen LogP) is 2.39. The smallest absolute Gasteiger partial charge is 0.375 e. The van der Waals surface area contributed by atoms with Crippen molar-refractivity contribution in [3.63, 3.8) is 0 Å². The fourth-order valence-corrected chi connectivity index (χ4v) is 2.46. The van der Waals surface area contributed by atoms with E-state index < -0.39 is 5.97 Å². The molecule has 1 saturated carbocycles. The second-order valence-electron chi connectivity index (χ2n) is 5.14. The van der Waals surface area contributed by atoms with Crippen LogP contribution in [0.5, 0.6) is 0 Å². The maximum absolute atomic E-state index is 11.2. The van der Waals surface area contributed by atoms with Gasteiger partial charge in [-0.1, -0.05) is 18.2 Å². The van der Waals surface area contributed by atoms with Crippen LogP contribution in [-0.2, 0) is 0 Å². The zero-order chi connectivity index (χ0) is 14.4. The molecule has 2 aromatic heterocycles. The Kier molecular flexibility index (Phi) is 2.50. The number of aromatic nitrogens is 4. The molecule has 2 heterocycles. The molecule has 1 fully saturated rings. The van der Waals surface area contributed by atoms with Crippen molar-refractivity contribution in [3.8, 4) is 5.69 Å². The molecule has 4 rings (SSSR count). The largest absolute Gasteiger partial charge is 0.475 e. The SMILES string of the molecule is O=C(O)c1nc(C2CC2)n(-c2cccc3cccnc23)n1. The first-order chi connectivity index (χ1) is 10.2. The Morgan fingerprint density at radius 2 is 2.05 bits per heavy atom. The molecule has 0 unspecified atom stereocenters. The molecule has 1 aliphatic carbocycles. The third kappa shape index (κ3) is 1.96. The van der Waals surface area contributed by atoms with Gasteiger partial charge in [0.1, 0.15) is 5.82 Å². The van der Waals surface area contributed by atoms with Gasteiger partial charge in [0.15, 0.2) is 0 Å². The van der Waals surface area contributed by atoms with E-state index in [1.165, 1.54) is 0 Å². The average molecular weight is 280 g/mol. The first kappa shape index (κ1) is 12.0. The second-order valence-corrected chi connectivity index (χ2v) is 5.14. The lowest BCUT2D eigenvalue weighted by molar-refractivity contribution is 0.0683. The summed E-state index contributed by atoms with van der Waals surface area (Å²) < 4.78 is 1.64. The van der Waals surface area contributed by atoms with E-state index >= 15 is 0 Å². The van der Waals surface area contributed by atoms with E-state index in [1.807, 2.05) is 30.3 Å². The quantitative estimate of drug-likeness (QED) is 0.796. The number of benzene rings is 1. The molecule has 1 N–H and O–H groups in total. The summed E-state index contributed by atoms with van der Waals surface area (Å²) in [5.74, 6) is -0.260. The number of para-hydroxylation sites is 1. The highest BCUT2D eigenvalue weighted by Crippen LogP contribution is 2.40. The standard InChI is InChI=1S/C15H12N4O2/c20-15(21)13-17-14(10-6-7-10)19(18-13)11-5-1-3-9-4-2-8-16-12(9)11/h1-5,8,10H,6-7H2,(H,20,21). The Labute approximate surface area is 120 Å². The molecule has 0 amide bonds. The van der Waals surface area contributed by atoms with Crippen LogP contribution < -0.4 is 0 Å². The third-order valence-corrected chi connectivity index (χ3v) is 3.61. The zero-order valence-electron chi connectivity index (χ0n) is 11.1. The summed E-state index contributed by atoms with van der Waals surface area (Å²) in [6, 6.07) is 9.62. The van der Waals surface area contributed by atoms with Gasteiger partial charge in [0.05, 0.1) is 11.2 Å². The summed E-state index contributed by atoms with van der Waals surface area (Å²) in [5, 5.41) is 14.3. The number of pyridine rings is 1. The fraction of sp³-hybridized carbons (Fsp3) is 0.200. The number of carbonyl (C=O) groups is 1. The van der Waals surface area contributed by atoms with Gasteiger partial charge in [-0.3, -0.25) is 4.98 Å². The van der Waals surface area contributed by atoms with Crippen LogP contribution in [-0.4, -0.2) is 30.8 Å². The van der Waals surface area contributed by atoms with E-state index in [-0.39, 0.29) is 5.82 Å². The van der Waals surface area contributed by atoms with Gasteiger partial charge in [-0.05, 0) is 25.0 Å². The topological polar surface area (TPSA) is 80.9 Å². The van der Waals surface area contributed by atoms with Crippen molar-refractivity contribution >= 4 is 16.9 Å². The Hall–Kier alpha value is -2.76. The van der Waals surface area contributed by atoms with Crippen molar-refractivity contribution < 1.29 is 9.90 Å². The number of fused-ring (bicyclic) bond motifs is 1. The minimum Gasteiger partial charge on any atom is -0.475 e. The molecule has 3 aromatic rings. The molecule has 0 atom stereocenters. The van der Waals surface area contributed by atoms with Crippen LogP contribution in [0.1, 0.15) is 35.2 Å². The Morgan fingerprint density at radius 1 is 1.24 bits per heavy atom. The van der Waals surface area contributed by atoms with E-state index in [0.717, 1.165) is 29.4 Å². The Morgan fingerprint density at radius 3 is 2.81 bits per heavy atom. The molecule has 6 nitrogen and oxygen atoms in total. The van der Waals surface area contributed by atoms with Crippen molar-refractivity contribution in [3.05, 3.63) is 48.2 Å². The lowest BCUT2D eigenvalue weighted by atomic mass is 10.2. The van der Waals surface area contributed by atoms with Gasteiger partial charge in [0, 0.05) is 17.5 Å². The maximum Gasteiger partial charge on any atom is 0.375 e. The summed E-state index contributed by atoms with van der Waals surface area (Å²) in [4.78, 5) is 19.7. The first-order valence-corrected chi connectivity index (χ1v) is 6.78. The molecule has 1 aromatic carbocycles. The summed E-state index contributed by atoms with van der Waals surface area (Å²) in [7, 11) is 0. The molecule has 1 aliphatic rings. The normalized spacial score (nSPS) is 14.5. The lowest BCUT2D eigenvalue weighted by Crippen LogP contribution is -2.04. The van der Waals surface area contributed by atoms with Gasteiger partial charge >= 0.3 is 5.97 Å². The van der Waals surface area contributed by atoms with Crippen LogP contribution >= 0.6 is 0 Å². The number of hydrogen-bond acceptors (Lipinski definition) is 4. The highest BCUT2D eigenvalue weighted by Gasteiger charge is 2.31. The van der Waals surface area contributed by atoms with Crippen LogP contribution in [0.15, 0.2) is 36.5 Å². The van der Waals surface area contributed by atoms with Crippen molar-refractivity contribution in [2.45, 2.75) is 18.8 Å². The van der Waals surface area contributed by atoms with E-state index in [9.17, 15) is 4.79 Å². The van der Waals surface area contributed by atoms with Gasteiger partial charge in [-0.25, -0.2) is 14.5 Å². The van der Waals surface area contributed by atoms with E-state index in [2.05, 4.69) is 15.1 Å². The van der Waals surface area contributed by atoms with Crippen LogP contribution in [0.25, 0.3) is 16.6 Å². The molecule has 0 spiro atoms. The molecule has 6 heteroatoms. The van der Waals surface area contributed by atoms with Crippen molar-refractivity contribution in [1.29, 1.82) is 0 Å². The molecule has 0 aliphatic heterocycles. The third-order valence-electron chi connectivity index (χ3n) is 3.61. The lowest BCUT2D eigenvalue weighted by Gasteiger charge is -2.07. The summed E-state index contributed by atoms with van der Waals surface area (Å²) in [6.45, 7) is 0. The zero-order valence-corrected chi connectivity index (χ0v) is 11.1.